The maximum absolute atomic E-state index is 5.24. The molecule has 0 aliphatic heterocycles. The zero-order valence-corrected chi connectivity index (χ0v) is 14.1. The Balaban J connectivity index is 2.56. The molecule has 0 bridgehead atoms. The molecule has 20 heavy (non-hydrogen) atoms. The van der Waals surface area contributed by atoms with Crippen molar-refractivity contribution in [3.63, 3.8) is 0 Å². The topological polar surface area (TPSA) is 47.0 Å². The van der Waals surface area contributed by atoms with E-state index in [1.54, 1.807) is 7.11 Å². The molecule has 1 heterocycles. The molecule has 0 radical (unpaired) electrons. The quantitative estimate of drug-likeness (QED) is 0.802. The van der Waals surface area contributed by atoms with Crippen LogP contribution in [0.15, 0.2) is 24.3 Å². The van der Waals surface area contributed by atoms with Gasteiger partial charge in [0, 0.05) is 19.2 Å². The zero-order valence-electron chi connectivity index (χ0n) is 11.9. The summed E-state index contributed by atoms with van der Waals surface area (Å²) in [6.07, 6.45) is 0. The van der Waals surface area contributed by atoms with Crippen LogP contribution in [-0.2, 0) is 11.3 Å². The van der Waals surface area contributed by atoms with Crippen molar-refractivity contribution in [2.24, 2.45) is 0 Å². The van der Waals surface area contributed by atoms with E-state index < -0.39 is 0 Å². The van der Waals surface area contributed by atoms with Gasteiger partial charge in [-0.25, -0.2) is 9.97 Å². The Hall–Kier alpha value is -1.21. The number of aromatic nitrogens is 2. The normalized spacial score (nSPS) is 10.6. The third-order valence-electron chi connectivity index (χ3n) is 2.93. The van der Waals surface area contributed by atoms with Gasteiger partial charge in [-0.05, 0) is 42.0 Å². The number of ether oxygens (including phenoxy) is 1. The van der Waals surface area contributed by atoms with Crippen LogP contribution in [0, 0.1) is 10.5 Å². The summed E-state index contributed by atoms with van der Waals surface area (Å²) in [6, 6.07) is 8.14. The molecular formula is C15H18IN3O. The van der Waals surface area contributed by atoms with E-state index in [2.05, 4.69) is 57.8 Å². The van der Waals surface area contributed by atoms with Crippen LogP contribution in [0.25, 0.3) is 11.4 Å². The first-order valence-electron chi connectivity index (χ1n) is 6.52. The average Bonchev–Trinajstić information content (AvgIpc) is 2.44. The summed E-state index contributed by atoms with van der Waals surface area (Å²) >= 11 is 2.26. The lowest BCUT2D eigenvalue weighted by Crippen LogP contribution is -2.09. The second-order valence-electron chi connectivity index (χ2n) is 4.43. The highest BCUT2D eigenvalue weighted by atomic mass is 127. The van der Waals surface area contributed by atoms with E-state index in [-0.39, 0.29) is 0 Å². The number of halogens is 1. The van der Waals surface area contributed by atoms with E-state index in [0.29, 0.717) is 6.61 Å². The van der Waals surface area contributed by atoms with Crippen LogP contribution in [0.3, 0.4) is 0 Å². The summed E-state index contributed by atoms with van der Waals surface area (Å²) in [7, 11) is 1.68. The van der Waals surface area contributed by atoms with E-state index in [4.69, 9.17) is 4.74 Å². The highest BCUT2D eigenvalue weighted by molar-refractivity contribution is 14.1. The van der Waals surface area contributed by atoms with Crippen LogP contribution in [0.1, 0.15) is 18.2 Å². The average molecular weight is 383 g/mol. The first-order valence-corrected chi connectivity index (χ1v) is 7.60. The molecule has 2 aromatic rings. The molecule has 0 aliphatic carbocycles. The Morgan fingerprint density at radius 1 is 1.25 bits per heavy atom. The van der Waals surface area contributed by atoms with Gasteiger partial charge in [-0.1, -0.05) is 24.3 Å². The maximum atomic E-state index is 5.24. The van der Waals surface area contributed by atoms with Crippen LogP contribution in [0.5, 0.6) is 0 Å². The second-order valence-corrected chi connectivity index (χ2v) is 5.51. The number of aryl methyl sites for hydroxylation is 1. The fraction of sp³-hybridized carbons (Fsp3) is 0.333. The number of hydrogen-bond donors (Lipinski definition) is 1. The number of anilines is 1. The van der Waals surface area contributed by atoms with E-state index in [1.165, 1.54) is 5.56 Å². The monoisotopic (exact) mass is 383 g/mol. The van der Waals surface area contributed by atoms with Crippen LogP contribution in [0.2, 0.25) is 0 Å². The smallest absolute Gasteiger partial charge is 0.162 e. The van der Waals surface area contributed by atoms with Crippen molar-refractivity contribution in [3.8, 4) is 11.4 Å². The van der Waals surface area contributed by atoms with Gasteiger partial charge in [0.1, 0.15) is 5.82 Å². The van der Waals surface area contributed by atoms with E-state index in [0.717, 1.165) is 33.0 Å². The van der Waals surface area contributed by atoms with Crippen LogP contribution in [-0.4, -0.2) is 23.6 Å². The minimum Gasteiger partial charge on any atom is -0.378 e. The molecular weight excluding hydrogens is 365 g/mol. The van der Waals surface area contributed by atoms with Gasteiger partial charge in [0.25, 0.3) is 0 Å². The first-order chi connectivity index (χ1) is 9.67. The van der Waals surface area contributed by atoms with Gasteiger partial charge >= 0.3 is 0 Å². The zero-order chi connectivity index (χ0) is 14.5. The molecule has 0 saturated heterocycles. The fourth-order valence-corrected chi connectivity index (χ4v) is 2.54. The summed E-state index contributed by atoms with van der Waals surface area (Å²) < 4.78 is 6.26. The lowest BCUT2D eigenvalue weighted by Gasteiger charge is -2.13. The number of benzene rings is 1. The van der Waals surface area contributed by atoms with Crippen molar-refractivity contribution in [2.45, 2.75) is 20.5 Å². The predicted molar refractivity (Wildman–Crippen MR) is 89.8 cm³/mol. The number of rotatable bonds is 5. The number of nitrogens with one attached hydrogen (secondary N) is 1. The molecule has 1 aromatic heterocycles. The number of nitrogens with zero attached hydrogens (tertiary/aromatic N) is 2. The summed E-state index contributed by atoms with van der Waals surface area (Å²) in [5.41, 5.74) is 3.14. The summed E-state index contributed by atoms with van der Waals surface area (Å²) in [5.74, 6) is 1.61. The molecule has 1 aromatic carbocycles. The third-order valence-corrected chi connectivity index (χ3v) is 4.06. The highest BCUT2D eigenvalue weighted by Crippen LogP contribution is 2.26. The van der Waals surface area contributed by atoms with Crippen molar-refractivity contribution in [3.05, 3.63) is 39.1 Å². The van der Waals surface area contributed by atoms with Crippen molar-refractivity contribution >= 4 is 28.4 Å². The Bertz CT molecular complexity index is 574. The van der Waals surface area contributed by atoms with Crippen LogP contribution in [0.4, 0.5) is 5.82 Å². The van der Waals surface area contributed by atoms with Gasteiger partial charge in [-0.3, -0.25) is 0 Å². The molecule has 0 amide bonds. The Labute approximate surface area is 133 Å². The molecule has 0 atom stereocenters. The SMILES string of the molecule is CCNc1nc(-c2ccccc2C)nc(COC)c1I. The number of hydrogen-bond acceptors (Lipinski definition) is 4. The maximum Gasteiger partial charge on any atom is 0.162 e. The van der Waals surface area contributed by atoms with Gasteiger partial charge in [0.05, 0.1) is 15.9 Å². The molecule has 0 aliphatic rings. The van der Waals surface area contributed by atoms with E-state index in [9.17, 15) is 0 Å². The lowest BCUT2D eigenvalue weighted by atomic mass is 10.1. The molecule has 5 heteroatoms. The summed E-state index contributed by atoms with van der Waals surface area (Å²) in [6.45, 7) is 5.44. The molecule has 0 fully saturated rings. The molecule has 4 nitrogen and oxygen atoms in total. The molecule has 2 rings (SSSR count). The largest absolute Gasteiger partial charge is 0.378 e. The van der Waals surface area contributed by atoms with Crippen LogP contribution < -0.4 is 5.32 Å². The van der Waals surface area contributed by atoms with Crippen molar-refractivity contribution < 1.29 is 4.74 Å². The summed E-state index contributed by atoms with van der Waals surface area (Å²) in [5, 5.41) is 3.29. The molecule has 106 valence electrons. The fourth-order valence-electron chi connectivity index (χ4n) is 1.95. The van der Waals surface area contributed by atoms with Gasteiger partial charge in [0.15, 0.2) is 5.82 Å². The second kappa shape index (κ2) is 6.99. The van der Waals surface area contributed by atoms with Gasteiger partial charge in [0.2, 0.25) is 0 Å². The molecule has 0 unspecified atom stereocenters. The van der Waals surface area contributed by atoms with E-state index >= 15 is 0 Å². The van der Waals surface area contributed by atoms with E-state index in [1.807, 2.05) is 18.2 Å². The Kier molecular flexibility index (Phi) is 5.31. The predicted octanol–water partition coefficient (Wildman–Crippen LogP) is 3.63. The molecule has 1 N–H and O–H groups in total. The van der Waals surface area contributed by atoms with Crippen LogP contribution >= 0.6 is 22.6 Å². The van der Waals surface area contributed by atoms with Gasteiger partial charge < -0.3 is 10.1 Å². The van der Waals surface area contributed by atoms with Crippen molar-refractivity contribution in [2.75, 3.05) is 19.0 Å². The minimum absolute atomic E-state index is 0.484. The lowest BCUT2D eigenvalue weighted by molar-refractivity contribution is 0.181. The molecule has 0 saturated carbocycles. The Morgan fingerprint density at radius 2 is 2.00 bits per heavy atom. The standard InChI is InChI=1S/C15H18IN3O/c1-4-17-15-13(16)12(9-20-3)18-14(19-15)11-8-6-5-7-10(11)2/h5-8H,4,9H2,1-3H3,(H,17,18,19). The Morgan fingerprint density at radius 3 is 2.65 bits per heavy atom. The third kappa shape index (κ3) is 3.27. The summed E-state index contributed by atoms with van der Waals surface area (Å²) in [4.78, 5) is 9.30. The van der Waals surface area contributed by atoms with Gasteiger partial charge in [-0.15, -0.1) is 0 Å². The highest BCUT2D eigenvalue weighted by Gasteiger charge is 2.13. The number of methoxy groups -OCH3 is 1. The van der Waals surface area contributed by atoms with Gasteiger partial charge in [-0.2, -0.15) is 0 Å². The molecule has 0 spiro atoms. The minimum atomic E-state index is 0.484. The van der Waals surface area contributed by atoms with Crippen molar-refractivity contribution in [1.82, 2.24) is 9.97 Å². The van der Waals surface area contributed by atoms with Crippen molar-refractivity contribution in [1.29, 1.82) is 0 Å². The first kappa shape index (κ1) is 15.2.